The van der Waals surface area contributed by atoms with Gasteiger partial charge in [-0.2, -0.15) is 0 Å². The summed E-state index contributed by atoms with van der Waals surface area (Å²) in [6.45, 7) is 5.06. The lowest BCUT2D eigenvalue weighted by Gasteiger charge is -2.28. The van der Waals surface area contributed by atoms with Gasteiger partial charge in [0.05, 0.1) is 11.8 Å². The SMILES string of the molecule is CCC(C(=NC)c1ccc(C)cc1)N1CCCC1=O. The monoisotopic (exact) mass is 258 g/mol. The molecule has 0 saturated carbocycles. The van der Waals surface area contributed by atoms with Crippen molar-refractivity contribution in [3.63, 3.8) is 0 Å². The molecule has 1 atom stereocenters. The number of hydrogen-bond acceptors (Lipinski definition) is 2. The van der Waals surface area contributed by atoms with E-state index >= 15 is 0 Å². The van der Waals surface area contributed by atoms with E-state index in [9.17, 15) is 4.79 Å². The lowest BCUT2D eigenvalue weighted by molar-refractivity contribution is -0.128. The second kappa shape index (κ2) is 6.00. The van der Waals surface area contributed by atoms with E-state index in [1.807, 2.05) is 11.9 Å². The molecule has 1 amide bonds. The normalized spacial score (nSPS) is 17.9. The standard InChI is InChI=1S/C16H22N2O/c1-4-14(18-11-5-6-15(18)19)16(17-3)13-9-7-12(2)8-10-13/h7-10,14H,4-6,11H2,1-3H3. The summed E-state index contributed by atoms with van der Waals surface area (Å²) in [5.74, 6) is 0.264. The fourth-order valence-corrected chi connectivity index (χ4v) is 2.75. The van der Waals surface area contributed by atoms with E-state index in [0.717, 1.165) is 30.7 Å². The maximum absolute atomic E-state index is 12.0. The molecule has 1 aromatic rings. The van der Waals surface area contributed by atoms with Gasteiger partial charge in [-0.1, -0.05) is 36.8 Å². The molecule has 1 fully saturated rings. The largest absolute Gasteiger partial charge is 0.334 e. The van der Waals surface area contributed by atoms with Gasteiger partial charge in [0, 0.05) is 20.0 Å². The molecule has 1 unspecified atom stereocenters. The highest BCUT2D eigenvalue weighted by Gasteiger charge is 2.30. The van der Waals surface area contributed by atoms with Crippen LogP contribution in [0.4, 0.5) is 0 Å². The molecule has 0 N–H and O–H groups in total. The molecule has 1 aromatic carbocycles. The molecule has 19 heavy (non-hydrogen) atoms. The van der Waals surface area contributed by atoms with Gasteiger partial charge in [0.2, 0.25) is 5.91 Å². The average molecular weight is 258 g/mol. The molecule has 0 aliphatic carbocycles. The number of carbonyl (C=O) groups is 1. The zero-order valence-corrected chi connectivity index (χ0v) is 12.0. The highest BCUT2D eigenvalue weighted by Crippen LogP contribution is 2.20. The van der Waals surface area contributed by atoms with Gasteiger partial charge < -0.3 is 4.90 Å². The number of rotatable bonds is 4. The topological polar surface area (TPSA) is 32.7 Å². The lowest BCUT2D eigenvalue weighted by Crippen LogP contribution is -2.42. The molecule has 102 valence electrons. The quantitative estimate of drug-likeness (QED) is 0.764. The van der Waals surface area contributed by atoms with Gasteiger partial charge in [0.25, 0.3) is 0 Å². The minimum absolute atomic E-state index is 0.114. The molecule has 1 aliphatic heterocycles. The Morgan fingerprint density at radius 1 is 1.37 bits per heavy atom. The molecule has 1 saturated heterocycles. The van der Waals surface area contributed by atoms with Crippen LogP contribution in [0.1, 0.15) is 37.3 Å². The van der Waals surface area contributed by atoms with Gasteiger partial charge in [0.1, 0.15) is 0 Å². The number of amides is 1. The van der Waals surface area contributed by atoms with Crippen LogP contribution in [0.15, 0.2) is 29.3 Å². The van der Waals surface area contributed by atoms with Gasteiger partial charge in [-0.05, 0) is 25.3 Å². The van der Waals surface area contributed by atoms with E-state index in [-0.39, 0.29) is 11.9 Å². The second-order valence-electron chi connectivity index (χ2n) is 5.09. The summed E-state index contributed by atoms with van der Waals surface area (Å²) in [6, 6.07) is 8.50. The number of nitrogens with zero attached hydrogens (tertiary/aromatic N) is 2. The van der Waals surface area contributed by atoms with Crippen LogP contribution in [0.3, 0.4) is 0 Å². The zero-order chi connectivity index (χ0) is 13.8. The van der Waals surface area contributed by atoms with Crippen LogP contribution in [0, 0.1) is 6.92 Å². The maximum Gasteiger partial charge on any atom is 0.223 e. The van der Waals surface area contributed by atoms with Crippen LogP contribution >= 0.6 is 0 Å². The Balaban J connectivity index is 2.29. The Morgan fingerprint density at radius 3 is 2.53 bits per heavy atom. The summed E-state index contributed by atoms with van der Waals surface area (Å²) in [7, 11) is 1.82. The Labute approximate surface area is 115 Å². The molecule has 1 heterocycles. The van der Waals surface area contributed by atoms with Crippen LogP contribution in [-0.4, -0.2) is 36.2 Å². The Bertz CT molecular complexity index is 476. The summed E-state index contributed by atoms with van der Waals surface area (Å²) in [5, 5.41) is 0. The molecule has 2 rings (SSSR count). The number of carbonyl (C=O) groups excluding carboxylic acids is 1. The van der Waals surface area contributed by atoms with Crippen LogP contribution in [0.5, 0.6) is 0 Å². The smallest absolute Gasteiger partial charge is 0.223 e. The maximum atomic E-state index is 12.0. The van der Waals surface area contributed by atoms with Gasteiger partial charge in [-0.15, -0.1) is 0 Å². The molecule has 0 aromatic heterocycles. The van der Waals surface area contributed by atoms with Crippen molar-refractivity contribution in [1.82, 2.24) is 4.90 Å². The first-order valence-corrected chi connectivity index (χ1v) is 7.00. The van der Waals surface area contributed by atoms with Gasteiger partial charge in [-0.3, -0.25) is 9.79 Å². The van der Waals surface area contributed by atoms with Crippen LogP contribution < -0.4 is 0 Å². The van der Waals surface area contributed by atoms with Crippen molar-refractivity contribution in [1.29, 1.82) is 0 Å². The summed E-state index contributed by atoms with van der Waals surface area (Å²) in [6.07, 6.45) is 2.56. The molecular weight excluding hydrogens is 236 g/mol. The number of hydrogen-bond donors (Lipinski definition) is 0. The highest BCUT2D eigenvalue weighted by atomic mass is 16.2. The van der Waals surface area contributed by atoms with E-state index in [4.69, 9.17) is 0 Å². The van der Waals surface area contributed by atoms with E-state index in [0.29, 0.717) is 6.42 Å². The third kappa shape index (κ3) is 2.86. The van der Waals surface area contributed by atoms with Gasteiger partial charge >= 0.3 is 0 Å². The van der Waals surface area contributed by atoms with Crippen molar-refractivity contribution in [2.45, 2.75) is 39.2 Å². The highest BCUT2D eigenvalue weighted by molar-refractivity contribution is 6.06. The van der Waals surface area contributed by atoms with E-state index in [1.165, 1.54) is 5.56 Å². The second-order valence-corrected chi connectivity index (χ2v) is 5.09. The lowest BCUT2D eigenvalue weighted by atomic mass is 9.99. The summed E-state index contributed by atoms with van der Waals surface area (Å²) in [4.78, 5) is 18.4. The van der Waals surface area contributed by atoms with Crippen molar-refractivity contribution in [3.8, 4) is 0 Å². The van der Waals surface area contributed by atoms with Crippen molar-refractivity contribution < 1.29 is 4.79 Å². The van der Waals surface area contributed by atoms with Crippen molar-refractivity contribution in [2.75, 3.05) is 13.6 Å². The number of aliphatic imine (C=N–C) groups is 1. The first-order valence-electron chi connectivity index (χ1n) is 7.00. The molecule has 3 nitrogen and oxygen atoms in total. The predicted octanol–water partition coefficient (Wildman–Crippen LogP) is 2.81. The Morgan fingerprint density at radius 2 is 2.05 bits per heavy atom. The van der Waals surface area contributed by atoms with Crippen LogP contribution in [-0.2, 0) is 4.79 Å². The molecular formula is C16H22N2O. The van der Waals surface area contributed by atoms with Crippen molar-refractivity contribution in [2.24, 2.45) is 4.99 Å². The first-order chi connectivity index (χ1) is 9.17. The molecule has 0 spiro atoms. The predicted molar refractivity (Wildman–Crippen MR) is 78.7 cm³/mol. The third-order valence-electron chi connectivity index (χ3n) is 3.78. The third-order valence-corrected chi connectivity index (χ3v) is 3.78. The fourth-order valence-electron chi connectivity index (χ4n) is 2.75. The average Bonchev–Trinajstić information content (AvgIpc) is 2.83. The van der Waals surface area contributed by atoms with Crippen molar-refractivity contribution >= 4 is 11.6 Å². The first kappa shape index (κ1) is 13.8. The number of likely N-dealkylation sites (tertiary alicyclic amines) is 1. The zero-order valence-electron chi connectivity index (χ0n) is 12.0. The van der Waals surface area contributed by atoms with Gasteiger partial charge in [0.15, 0.2) is 0 Å². The van der Waals surface area contributed by atoms with Crippen LogP contribution in [0.25, 0.3) is 0 Å². The van der Waals surface area contributed by atoms with Crippen molar-refractivity contribution in [3.05, 3.63) is 35.4 Å². The molecule has 0 radical (unpaired) electrons. The minimum atomic E-state index is 0.114. The molecule has 1 aliphatic rings. The van der Waals surface area contributed by atoms with Gasteiger partial charge in [-0.25, -0.2) is 0 Å². The summed E-state index contributed by atoms with van der Waals surface area (Å²) >= 11 is 0. The molecule has 3 heteroatoms. The number of benzene rings is 1. The van der Waals surface area contributed by atoms with E-state index < -0.39 is 0 Å². The Kier molecular flexibility index (Phi) is 4.35. The van der Waals surface area contributed by atoms with E-state index in [1.54, 1.807) is 0 Å². The van der Waals surface area contributed by atoms with E-state index in [2.05, 4.69) is 43.1 Å². The Hall–Kier alpha value is -1.64. The summed E-state index contributed by atoms with van der Waals surface area (Å²) < 4.78 is 0. The summed E-state index contributed by atoms with van der Waals surface area (Å²) in [5.41, 5.74) is 3.39. The minimum Gasteiger partial charge on any atom is -0.334 e. The molecule has 0 bridgehead atoms. The fraction of sp³-hybridized carbons (Fsp3) is 0.500. The van der Waals surface area contributed by atoms with Crippen LogP contribution in [0.2, 0.25) is 0 Å². The number of aryl methyl sites for hydroxylation is 1.